The predicted molar refractivity (Wildman–Crippen MR) is 60.3 cm³/mol. The fraction of sp³-hybridized carbons (Fsp3) is 0. The van der Waals surface area contributed by atoms with Crippen LogP contribution < -0.4 is 5.73 Å². The van der Waals surface area contributed by atoms with Gasteiger partial charge < -0.3 is 5.73 Å². The maximum Gasteiger partial charge on any atom is 0.190 e. The Labute approximate surface area is 92.4 Å². The number of aromatic nitrogens is 3. The molecule has 4 nitrogen and oxygen atoms in total. The third-order valence-electron chi connectivity index (χ3n) is 1.35. The van der Waals surface area contributed by atoms with Crippen LogP contribution in [0.15, 0.2) is 18.5 Å². The number of nitrogen functional groups attached to an aromatic ring is 1. The summed E-state index contributed by atoms with van der Waals surface area (Å²) in [5, 5.41) is 0.803. The number of hydrogen-bond donors (Lipinski definition) is 1. The lowest BCUT2D eigenvalue weighted by atomic mass is 10.5. The third kappa shape index (κ3) is 1.94. The van der Waals surface area contributed by atoms with Gasteiger partial charge in [-0.3, -0.25) is 0 Å². The van der Waals surface area contributed by atoms with Crippen molar-refractivity contribution in [1.82, 2.24) is 15.0 Å². The van der Waals surface area contributed by atoms with Crippen molar-refractivity contribution in [1.29, 1.82) is 0 Å². The summed E-state index contributed by atoms with van der Waals surface area (Å²) in [5.74, 6) is 1.06. The van der Waals surface area contributed by atoms with Crippen molar-refractivity contribution in [3.05, 3.63) is 21.3 Å². The van der Waals surface area contributed by atoms with Crippen molar-refractivity contribution in [2.75, 3.05) is 5.73 Å². The Morgan fingerprint density at radius 1 is 1.38 bits per heavy atom. The normalized spacial score (nSPS) is 10.2. The van der Waals surface area contributed by atoms with Crippen LogP contribution in [0.5, 0.6) is 0 Å². The van der Waals surface area contributed by atoms with Crippen molar-refractivity contribution < 1.29 is 0 Å². The molecule has 2 heterocycles. The van der Waals surface area contributed by atoms with Gasteiger partial charge >= 0.3 is 0 Å². The highest BCUT2D eigenvalue weighted by atomic mass is 127. The van der Waals surface area contributed by atoms with Crippen LogP contribution in [0.1, 0.15) is 0 Å². The molecule has 0 unspecified atom stereocenters. The molecule has 0 fully saturated rings. The molecule has 2 rings (SSSR count). The molecule has 0 aliphatic carbocycles. The monoisotopic (exact) mass is 304 g/mol. The molecular weight excluding hydrogens is 299 g/mol. The number of hydrogen-bond acceptors (Lipinski definition) is 5. The van der Waals surface area contributed by atoms with Crippen LogP contribution in [0, 0.1) is 2.88 Å². The van der Waals surface area contributed by atoms with E-state index in [-0.39, 0.29) is 0 Å². The molecule has 0 saturated heterocycles. The zero-order valence-electron chi connectivity index (χ0n) is 6.44. The van der Waals surface area contributed by atoms with Gasteiger partial charge in [0.05, 0.1) is 9.08 Å². The largest absolute Gasteiger partial charge is 0.384 e. The first-order chi connectivity index (χ1) is 6.25. The Hall–Kier alpha value is -0.760. The van der Waals surface area contributed by atoms with E-state index in [1.54, 1.807) is 29.8 Å². The first-order valence-corrected chi connectivity index (χ1v) is 5.35. The van der Waals surface area contributed by atoms with Crippen LogP contribution in [0.3, 0.4) is 0 Å². The number of nitrogens with two attached hydrogens (primary N) is 1. The molecule has 0 spiro atoms. The molecular formula is C7H5IN4S. The topological polar surface area (TPSA) is 64.7 Å². The molecule has 13 heavy (non-hydrogen) atoms. The summed E-state index contributed by atoms with van der Waals surface area (Å²) in [4.78, 5) is 12.3. The maximum atomic E-state index is 5.53. The number of rotatable bonds is 1. The van der Waals surface area contributed by atoms with Gasteiger partial charge in [-0.2, -0.15) is 0 Å². The Morgan fingerprint density at radius 3 is 2.85 bits per heavy atom. The van der Waals surface area contributed by atoms with E-state index in [9.17, 15) is 0 Å². The number of anilines is 1. The Morgan fingerprint density at radius 2 is 2.23 bits per heavy atom. The smallest absolute Gasteiger partial charge is 0.190 e. The summed E-state index contributed by atoms with van der Waals surface area (Å²) < 4.78 is 1.11. The van der Waals surface area contributed by atoms with Crippen LogP contribution in [0.4, 0.5) is 5.82 Å². The molecule has 0 atom stereocenters. The van der Waals surface area contributed by atoms with Gasteiger partial charge in [0, 0.05) is 6.20 Å². The van der Waals surface area contributed by atoms with Crippen molar-refractivity contribution >= 4 is 39.7 Å². The molecule has 0 aliphatic heterocycles. The molecule has 2 aromatic heterocycles. The summed E-state index contributed by atoms with van der Waals surface area (Å²) >= 11 is 3.75. The number of thiazole rings is 1. The van der Waals surface area contributed by atoms with E-state index in [4.69, 9.17) is 5.73 Å². The number of halogens is 1. The van der Waals surface area contributed by atoms with Crippen molar-refractivity contribution in [2.24, 2.45) is 0 Å². The number of nitrogens with zero attached hydrogens (tertiary/aromatic N) is 3. The van der Waals surface area contributed by atoms with E-state index in [1.807, 2.05) is 0 Å². The Balaban J connectivity index is 2.46. The highest BCUT2D eigenvalue weighted by molar-refractivity contribution is 14.1. The summed E-state index contributed by atoms with van der Waals surface area (Å²) in [6, 6.07) is 1.65. The molecule has 0 aliphatic rings. The van der Waals surface area contributed by atoms with Gasteiger partial charge in [0.15, 0.2) is 10.8 Å². The second-order valence-electron chi connectivity index (χ2n) is 2.27. The van der Waals surface area contributed by atoms with E-state index in [2.05, 4.69) is 37.5 Å². The molecule has 6 heteroatoms. The molecule has 0 aromatic carbocycles. The van der Waals surface area contributed by atoms with E-state index in [0.717, 1.165) is 7.89 Å². The molecule has 0 saturated carbocycles. The fourth-order valence-electron chi connectivity index (χ4n) is 0.834. The zero-order valence-corrected chi connectivity index (χ0v) is 9.41. The zero-order chi connectivity index (χ0) is 9.26. The quantitative estimate of drug-likeness (QED) is 0.816. The minimum absolute atomic E-state index is 0.468. The van der Waals surface area contributed by atoms with Gasteiger partial charge in [0.25, 0.3) is 0 Å². The van der Waals surface area contributed by atoms with E-state index in [1.165, 1.54) is 0 Å². The Bertz CT molecular complexity index is 428. The molecule has 2 aromatic rings. The summed E-state index contributed by atoms with van der Waals surface area (Å²) in [6.07, 6.45) is 3.42. The van der Waals surface area contributed by atoms with Gasteiger partial charge in [-0.15, -0.1) is 11.3 Å². The lowest BCUT2D eigenvalue weighted by molar-refractivity contribution is 1.17. The van der Waals surface area contributed by atoms with Crippen LogP contribution in [-0.2, 0) is 0 Å². The van der Waals surface area contributed by atoms with Gasteiger partial charge in [-0.05, 0) is 28.7 Å². The van der Waals surface area contributed by atoms with E-state index in [0.29, 0.717) is 11.6 Å². The summed E-state index contributed by atoms with van der Waals surface area (Å²) in [6.45, 7) is 0. The third-order valence-corrected chi connectivity index (χ3v) is 3.07. The summed E-state index contributed by atoms with van der Waals surface area (Å²) in [5.41, 5.74) is 5.53. The highest BCUT2D eigenvalue weighted by Gasteiger charge is 2.05. The second-order valence-corrected chi connectivity index (χ2v) is 5.20. The van der Waals surface area contributed by atoms with Gasteiger partial charge in [-0.1, -0.05) is 0 Å². The van der Waals surface area contributed by atoms with Crippen molar-refractivity contribution in [2.45, 2.75) is 0 Å². The SMILES string of the molecule is Nc1ccnc(-c2ncc(I)s2)n1. The highest BCUT2D eigenvalue weighted by Crippen LogP contribution is 2.22. The van der Waals surface area contributed by atoms with E-state index < -0.39 is 0 Å². The van der Waals surface area contributed by atoms with E-state index >= 15 is 0 Å². The lowest BCUT2D eigenvalue weighted by Gasteiger charge is -1.94. The van der Waals surface area contributed by atoms with Crippen LogP contribution in [0.25, 0.3) is 10.8 Å². The van der Waals surface area contributed by atoms with Crippen LogP contribution in [0.2, 0.25) is 0 Å². The minimum Gasteiger partial charge on any atom is -0.384 e. The second kappa shape index (κ2) is 3.54. The van der Waals surface area contributed by atoms with Crippen LogP contribution >= 0.6 is 33.9 Å². The molecule has 66 valence electrons. The van der Waals surface area contributed by atoms with Gasteiger partial charge in [-0.25, -0.2) is 15.0 Å². The van der Waals surface area contributed by atoms with Gasteiger partial charge in [0.2, 0.25) is 0 Å². The standard InChI is InChI=1S/C7H5IN4S/c8-4-3-11-7(13-4)6-10-2-1-5(9)12-6/h1-3H,(H2,9,10,12). The first-order valence-electron chi connectivity index (χ1n) is 3.46. The van der Waals surface area contributed by atoms with Gasteiger partial charge in [0.1, 0.15) is 5.82 Å². The molecule has 0 radical (unpaired) electrons. The van der Waals surface area contributed by atoms with Crippen LogP contribution in [-0.4, -0.2) is 15.0 Å². The average molecular weight is 304 g/mol. The van der Waals surface area contributed by atoms with Crippen molar-refractivity contribution in [3.8, 4) is 10.8 Å². The molecule has 0 amide bonds. The fourth-order valence-corrected chi connectivity index (χ4v) is 2.18. The Kier molecular flexibility index (Phi) is 2.40. The minimum atomic E-state index is 0.468. The lowest BCUT2D eigenvalue weighted by Crippen LogP contribution is -1.93. The summed E-state index contributed by atoms with van der Waals surface area (Å²) in [7, 11) is 0. The predicted octanol–water partition coefficient (Wildman–Crippen LogP) is 1.79. The average Bonchev–Trinajstić information content (AvgIpc) is 2.52. The molecule has 0 bridgehead atoms. The first kappa shape index (κ1) is 8.82. The molecule has 2 N–H and O–H groups in total. The van der Waals surface area contributed by atoms with Crippen molar-refractivity contribution in [3.63, 3.8) is 0 Å². The maximum absolute atomic E-state index is 5.53.